The topological polar surface area (TPSA) is 67.7 Å². The predicted molar refractivity (Wildman–Crippen MR) is 180 cm³/mol. The number of carbonyl (C=O) groups is 1. The second-order valence-electron chi connectivity index (χ2n) is 11.5. The number of ether oxygens (including phenoxy) is 1. The lowest BCUT2D eigenvalue weighted by molar-refractivity contribution is -0.126. The summed E-state index contributed by atoms with van der Waals surface area (Å²) in [6.07, 6.45) is 1.33. The summed E-state index contributed by atoms with van der Waals surface area (Å²) in [6.45, 7) is 9.30. The Labute approximate surface area is 262 Å². The Hall–Kier alpha value is -4.81. The molecule has 0 saturated carbocycles. The van der Waals surface area contributed by atoms with Crippen molar-refractivity contribution in [2.24, 2.45) is 0 Å². The fraction of sp³-hybridized carbons (Fsp3) is 0.194. The van der Waals surface area contributed by atoms with Gasteiger partial charge < -0.3 is 14.5 Å². The van der Waals surface area contributed by atoms with Crippen LogP contribution >= 0.6 is 9.24 Å². The Morgan fingerprint density at radius 1 is 1.07 bits per heavy atom. The van der Waals surface area contributed by atoms with Crippen molar-refractivity contribution in [3.63, 3.8) is 0 Å². The highest BCUT2D eigenvalue weighted by Crippen LogP contribution is 2.47. The van der Waals surface area contributed by atoms with E-state index in [-0.39, 0.29) is 24.4 Å². The number of amides is 1. The number of para-hydroxylation sites is 1. The molecule has 0 bridgehead atoms. The van der Waals surface area contributed by atoms with Crippen molar-refractivity contribution < 1.29 is 13.9 Å². The molecule has 1 saturated heterocycles. The first kappa shape index (κ1) is 28.9. The van der Waals surface area contributed by atoms with Gasteiger partial charge >= 0.3 is 5.69 Å². The van der Waals surface area contributed by atoms with Crippen LogP contribution in [0.5, 0.6) is 5.75 Å². The molecule has 0 N–H and O–H groups in total. The molecule has 4 aromatic carbocycles. The Kier molecular flexibility index (Phi) is 7.25. The van der Waals surface area contributed by atoms with Gasteiger partial charge in [0.25, 0.3) is 0 Å². The summed E-state index contributed by atoms with van der Waals surface area (Å²) in [7, 11) is 2.55. The molecule has 226 valence electrons. The molecule has 1 unspecified atom stereocenters. The average Bonchev–Trinajstić information content (AvgIpc) is 3.06. The highest BCUT2D eigenvalue weighted by Gasteiger charge is 2.33. The zero-order valence-electron chi connectivity index (χ0n) is 25.1. The first-order chi connectivity index (χ1) is 21.8. The number of halogens is 1. The van der Waals surface area contributed by atoms with Crippen LogP contribution in [0, 0.1) is 12.7 Å². The third-order valence-corrected chi connectivity index (χ3v) is 9.39. The van der Waals surface area contributed by atoms with E-state index < -0.39 is 5.69 Å². The van der Waals surface area contributed by atoms with Gasteiger partial charge in [0.15, 0.2) is 5.75 Å². The molecule has 7 nitrogen and oxygen atoms in total. The van der Waals surface area contributed by atoms with Crippen LogP contribution in [-0.4, -0.2) is 46.0 Å². The molecule has 45 heavy (non-hydrogen) atoms. The van der Waals surface area contributed by atoms with Gasteiger partial charge in [0.1, 0.15) is 23.8 Å². The van der Waals surface area contributed by atoms with E-state index in [0.29, 0.717) is 47.7 Å². The summed E-state index contributed by atoms with van der Waals surface area (Å²) in [5.41, 5.74) is 5.88. The SMILES string of the molecule is C=CC(=O)N1CCN(c2nc(=O)n(-c3ccccc3-c3ccccc3)c3c4c(c(C)cc23)-c2c(ccc(F)c2P)CO4)[C@@H](C)C1. The normalized spacial score (nSPS) is 15.8. The maximum Gasteiger partial charge on any atom is 0.354 e. The molecule has 0 radical (unpaired) electrons. The van der Waals surface area contributed by atoms with Gasteiger partial charge in [-0.15, -0.1) is 9.24 Å². The van der Waals surface area contributed by atoms with Crippen LogP contribution in [0.3, 0.4) is 0 Å². The number of fused-ring (bicyclic) bond motifs is 5. The van der Waals surface area contributed by atoms with Gasteiger partial charge in [-0.25, -0.2) is 9.18 Å². The van der Waals surface area contributed by atoms with E-state index in [1.165, 1.54) is 12.1 Å². The van der Waals surface area contributed by atoms with Crippen LogP contribution in [0.25, 0.3) is 38.8 Å². The quantitative estimate of drug-likeness (QED) is 0.189. The van der Waals surface area contributed by atoms with E-state index >= 15 is 0 Å². The summed E-state index contributed by atoms with van der Waals surface area (Å²) in [4.78, 5) is 35.4. The van der Waals surface area contributed by atoms with Crippen molar-refractivity contribution in [3.05, 3.63) is 113 Å². The number of nitrogens with zero attached hydrogens (tertiary/aromatic N) is 4. The van der Waals surface area contributed by atoms with Gasteiger partial charge in [-0.1, -0.05) is 61.2 Å². The van der Waals surface area contributed by atoms with Crippen LogP contribution in [0.4, 0.5) is 10.2 Å². The molecule has 0 aliphatic carbocycles. The van der Waals surface area contributed by atoms with E-state index in [1.54, 1.807) is 15.5 Å². The zero-order valence-corrected chi connectivity index (χ0v) is 26.2. The molecule has 2 atom stereocenters. The lowest BCUT2D eigenvalue weighted by atomic mass is 9.91. The molecule has 7 rings (SSSR count). The van der Waals surface area contributed by atoms with Crippen LogP contribution in [0.2, 0.25) is 0 Å². The lowest BCUT2D eigenvalue weighted by Crippen LogP contribution is -2.54. The molecular weight excluding hydrogens is 586 g/mol. The largest absolute Gasteiger partial charge is 0.486 e. The second-order valence-corrected chi connectivity index (χ2v) is 12.1. The van der Waals surface area contributed by atoms with Crippen LogP contribution in [-0.2, 0) is 11.4 Å². The standard InChI is InChI=1S/C36H32FN4O3P/c1-4-29(42)39-16-17-40(22(3)19-39)35-26-18-21(2)30-31-24(14-15-27(37)34(31)45)20-44-33(30)32(26)41(36(43)38-35)28-13-9-8-12-25(28)23-10-6-5-7-11-23/h4-15,18,22H,1,16-17,19-20,45H2,2-3H3/t22-/m0/s1. The molecule has 3 heterocycles. The summed E-state index contributed by atoms with van der Waals surface area (Å²) in [6, 6.07) is 22.8. The van der Waals surface area contributed by atoms with Crippen molar-refractivity contribution in [1.29, 1.82) is 0 Å². The fourth-order valence-electron chi connectivity index (χ4n) is 6.70. The molecule has 5 aromatic rings. The fourth-order valence-corrected chi connectivity index (χ4v) is 7.12. The number of anilines is 1. The van der Waals surface area contributed by atoms with Crippen LogP contribution in [0.15, 0.2) is 90.2 Å². The van der Waals surface area contributed by atoms with Gasteiger partial charge in [-0.3, -0.25) is 9.36 Å². The average molecular weight is 619 g/mol. The first-order valence-electron chi connectivity index (χ1n) is 14.9. The van der Waals surface area contributed by atoms with Crippen LogP contribution in [0.1, 0.15) is 18.1 Å². The number of piperazine rings is 1. The summed E-state index contributed by atoms with van der Waals surface area (Å²) < 4.78 is 23.2. The Morgan fingerprint density at radius 3 is 2.58 bits per heavy atom. The predicted octanol–water partition coefficient (Wildman–Crippen LogP) is 5.78. The Bertz CT molecular complexity index is 2080. The molecule has 2 aliphatic heterocycles. The number of hydrogen-bond acceptors (Lipinski definition) is 5. The lowest BCUT2D eigenvalue weighted by Gasteiger charge is -2.40. The molecule has 0 spiro atoms. The number of benzene rings is 4. The first-order valence-corrected chi connectivity index (χ1v) is 15.5. The van der Waals surface area contributed by atoms with Gasteiger partial charge in [-0.05, 0) is 54.8 Å². The molecule has 9 heteroatoms. The molecule has 1 fully saturated rings. The highest BCUT2D eigenvalue weighted by atomic mass is 31.0. The van der Waals surface area contributed by atoms with E-state index in [0.717, 1.165) is 38.8 Å². The Morgan fingerprint density at radius 2 is 1.82 bits per heavy atom. The van der Waals surface area contributed by atoms with E-state index in [2.05, 4.69) is 20.7 Å². The van der Waals surface area contributed by atoms with Gasteiger partial charge in [0, 0.05) is 53.1 Å². The summed E-state index contributed by atoms with van der Waals surface area (Å²) in [5, 5.41) is 1.21. The molecular formula is C36H32FN4O3P. The van der Waals surface area contributed by atoms with Crippen molar-refractivity contribution in [1.82, 2.24) is 14.5 Å². The summed E-state index contributed by atoms with van der Waals surface area (Å²) in [5.74, 6) is 0.606. The minimum Gasteiger partial charge on any atom is -0.486 e. The maximum absolute atomic E-state index is 15.0. The van der Waals surface area contributed by atoms with Gasteiger partial charge in [-0.2, -0.15) is 4.98 Å². The second kappa shape index (κ2) is 11.3. The smallest absolute Gasteiger partial charge is 0.354 e. The maximum atomic E-state index is 15.0. The zero-order chi connectivity index (χ0) is 31.4. The monoisotopic (exact) mass is 618 g/mol. The number of carbonyl (C=O) groups excluding carboxylic acids is 1. The highest BCUT2D eigenvalue weighted by molar-refractivity contribution is 7.28. The van der Waals surface area contributed by atoms with E-state index in [9.17, 15) is 14.0 Å². The van der Waals surface area contributed by atoms with Crippen LogP contribution < -0.4 is 20.6 Å². The van der Waals surface area contributed by atoms with E-state index in [4.69, 9.17) is 9.72 Å². The number of aromatic nitrogens is 2. The third kappa shape index (κ3) is 4.72. The third-order valence-electron chi connectivity index (χ3n) is 8.83. The van der Waals surface area contributed by atoms with Crippen molar-refractivity contribution in [3.8, 4) is 33.7 Å². The molecule has 2 aliphatic rings. The minimum atomic E-state index is -0.455. The van der Waals surface area contributed by atoms with Gasteiger partial charge in [0.2, 0.25) is 5.91 Å². The summed E-state index contributed by atoms with van der Waals surface area (Å²) >= 11 is 0. The molecule has 1 aromatic heterocycles. The molecule has 1 amide bonds. The Balaban J connectivity index is 1.55. The van der Waals surface area contributed by atoms with Crippen molar-refractivity contribution in [2.45, 2.75) is 26.5 Å². The minimum absolute atomic E-state index is 0.115. The number of aryl methyl sites for hydroxylation is 1. The van der Waals surface area contributed by atoms with Crippen molar-refractivity contribution in [2.75, 3.05) is 24.5 Å². The number of rotatable bonds is 4. The number of hydrogen-bond donors (Lipinski definition) is 0. The van der Waals surface area contributed by atoms with Crippen molar-refractivity contribution >= 4 is 37.2 Å². The van der Waals surface area contributed by atoms with Gasteiger partial charge in [0.05, 0.1) is 5.69 Å². The van der Waals surface area contributed by atoms with E-state index in [1.807, 2.05) is 74.5 Å².